The van der Waals surface area contributed by atoms with Crippen molar-refractivity contribution in [2.45, 2.75) is 25.3 Å². The first kappa shape index (κ1) is 10.7. The van der Waals surface area contributed by atoms with Gasteiger partial charge in [-0.3, -0.25) is 9.59 Å². The highest BCUT2D eigenvalue weighted by molar-refractivity contribution is 6.34. The molecule has 0 aromatic heterocycles. The van der Waals surface area contributed by atoms with E-state index in [1.54, 1.807) is 0 Å². The van der Waals surface area contributed by atoms with Gasteiger partial charge in [-0.05, 0) is 30.4 Å². The summed E-state index contributed by atoms with van der Waals surface area (Å²) in [5.41, 5.74) is 7.26. The van der Waals surface area contributed by atoms with Crippen LogP contribution in [0.2, 0.25) is 0 Å². The molecule has 4 heteroatoms. The van der Waals surface area contributed by atoms with E-state index in [1.165, 1.54) is 5.56 Å². The molecule has 1 aromatic carbocycles. The first-order chi connectivity index (χ1) is 7.68. The minimum absolute atomic E-state index is 0.0788. The normalized spacial score (nSPS) is 18.6. The Kier molecular flexibility index (Phi) is 2.90. The van der Waals surface area contributed by atoms with Gasteiger partial charge < -0.3 is 11.1 Å². The summed E-state index contributed by atoms with van der Waals surface area (Å²) in [4.78, 5) is 21.9. The molecule has 0 heterocycles. The van der Waals surface area contributed by atoms with Crippen LogP contribution in [0, 0.1) is 0 Å². The van der Waals surface area contributed by atoms with Gasteiger partial charge >= 0.3 is 11.8 Å². The van der Waals surface area contributed by atoms with Gasteiger partial charge in [0.25, 0.3) is 0 Å². The lowest BCUT2D eigenvalue weighted by atomic mass is 9.88. The molecule has 84 valence electrons. The third-order valence-electron chi connectivity index (χ3n) is 2.90. The quantitative estimate of drug-likeness (QED) is 0.680. The third-order valence-corrected chi connectivity index (χ3v) is 2.90. The van der Waals surface area contributed by atoms with E-state index < -0.39 is 11.8 Å². The molecule has 0 bridgehead atoms. The number of carbonyl (C=O) groups excluding carboxylic acids is 2. The van der Waals surface area contributed by atoms with Crippen molar-refractivity contribution in [2.24, 2.45) is 5.73 Å². The first-order valence-corrected chi connectivity index (χ1v) is 5.36. The maximum absolute atomic E-state index is 11.2. The van der Waals surface area contributed by atoms with Crippen LogP contribution in [0.1, 0.15) is 30.0 Å². The molecule has 0 unspecified atom stereocenters. The van der Waals surface area contributed by atoms with Gasteiger partial charge in [-0.1, -0.05) is 24.3 Å². The Morgan fingerprint density at radius 2 is 2.06 bits per heavy atom. The molecule has 4 nitrogen and oxygen atoms in total. The van der Waals surface area contributed by atoms with E-state index in [4.69, 9.17) is 5.73 Å². The van der Waals surface area contributed by atoms with Crippen molar-refractivity contribution in [1.82, 2.24) is 5.32 Å². The van der Waals surface area contributed by atoms with E-state index in [1.807, 2.05) is 18.2 Å². The predicted octanol–water partition coefficient (Wildman–Crippen LogP) is 0.665. The Labute approximate surface area is 93.8 Å². The molecule has 1 atom stereocenters. The number of hydrogen-bond acceptors (Lipinski definition) is 2. The van der Waals surface area contributed by atoms with Crippen molar-refractivity contribution >= 4 is 11.8 Å². The van der Waals surface area contributed by atoms with E-state index in [0.29, 0.717) is 0 Å². The number of rotatable bonds is 1. The summed E-state index contributed by atoms with van der Waals surface area (Å²) >= 11 is 0. The van der Waals surface area contributed by atoms with Crippen LogP contribution in [0.15, 0.2) is 24.3 Å². The molecule has 0 saturated carbocycles. The molecular formula is C12H14N2O2. The molecule has 0 saturated heterocycles. The zero-order chi connectivity index (χ0) is 11.5. The van der Waals surface area contributed by atoms with Gasteiger partial charge in [0.05, 0.1) is 6.04 Å². The van der Waals surface area contributed by atoms with E-state index >= 15 is 0 Å². The Bertz CT molecular complexity index is 429. The molecule has 0 aliphatic heterocycles. The highest BCUT2D eigenvalue weighted by atomic mass is 16.2. The second kappa shape index (κ2) is 4.35. The average molecular weight is 218 g/mol. The van der Waals surface area contributed by atoms with Crippen molar-refractivity contribution in [2.75, 3.05) is 0 Å². The number of primary amides is 1. The standard InChI is InChI=1S/C12H14N2O2/c13-11(15)12(16)14-10-7-3-5-8-4-1-2-6-9(8)10/h1-2,4,6,10H,3,5,7H2,(H2,13,15)(H,14,16)/t10-/m0/s1. The maximum atomic E-state index is 11.2. The van der Waals surface area contributed by atoms with E-state index in [-0.39, 0.29) is 6.04 Å². The number of nitrogens with one attached hydrogen (secondary N) is 1. The summed E-state index contributed by atoms with van der Waals surface area (Å²) in [6, 6.07) is 7.88. The molecule has 0 spiro atoms. The van der Waals surface area contributed by atoms with Crippen LogP contribution in [-0.2, 0) is 16.0 Å². The predicted molar refractivity (Wildman–Crippen MR) is 59.5 cm³/mol. The molecule has 1 aliphatic carbocycles. The summed E-state index contributed by atoms with van der Waals surface area (Å²) in [5, 5.41) is 2.66. The number of aryl methyl sites for hydroxylation is 1. The van der Waals surface area contributed by atoms with Gasteiger partial charge in [-0.25, -0.2) is 0 Å². The van der Waals surface area contributed by atoms with Crippen LogP contribution in [0.5, 0.6) is 0 Å². The lowest BCUT2D eigenvalue weighted by molar-refractivity contribution is -0.137. The van der Waals surface area contributed by atoms with Crippen molar-refractivity contribution in [3.05, 3.63) is 35.4 Å². The number of nitrogens with two attached hydrogens (primary N) is 1. The molecule has 2 amide bonds. The van der Waals surface area contributed by atoms with Gasteiger partial charge in [0.1, 0.15) is 0 Å². The molecule has 2 rings (SSSR count). The average Bonchev–Trinajstić information content (AvgIpc) is 2.29. The van der Waals surface area contributed by atoms with Gasteiger partial charge in [-0.2, -0.15) is 0 Å². The Morgan fingerprint density at radius 3 is 2.81 bits per heavy atom. The van der Waals surface area contributed by atoms with Gasteiger partial charge in [0, 0.05) is 0 Å². The fourth-order valence-electron chi connectivity index (χ4n) is 2.13. The summed E-state index contributed by atoms with van der Waals surface area (Å²) in [6.45, 7) is 0. The lowest BCUT2D eigenvalue weighted by Gasteiger charge is -2.25. The zero-order valence-corrected chi connectivity index (χ0v) is 8.90. The fraction of sp³-hybridized carbons (Fsp3) is 0.333. The van der Waals surface area contributed by atoms with Crippen molar-refractivity contribution in [3.8, 4) is 0 Å². The molecule has 1 aliphatic rings. The minimum atomic E-state index is -0.928. The van der Waals surface area contributed by atoms with E-state index in [9.17, 15) is 9.59 Å². The highest BCUT2D eigenvalue weighted by Gasteiger charge is 2.22. The molecule has 0 radical (unpaired) electrons. The number of carbonyl (C=O) groups is 2. The summed E-state index contributed by atoms with van der Waals surface area (Å²) in [7, 11) is 0. The number of benzene rings is 1. The third kappa shape index (κ3) is 2.05. The largest absolute Gasteiger partial charge is 0.361 e. The SMILES string of the molecule is NC(=O)C(=O)N[C@H]1CCCc2ccccc21. The molecular weight excluding hydrogens is 204 g/mol. The smallest absolute Gasteiger partial charge is 0.309 e. The van der Waals surface area contributed by atoms with Gasteiger partial charge in [0.15, 0.2) is 0 Å². The summed E-state index contributed by atoms with van der Waals surface area (Å²) in [6.07, 6.45) is 2.90. The monoisotopic (exact) mass is 218 g/mol. The summed E-state index contributed by atoms with van der Waals surface area (Å²) < 4.78 is 0. The second-order valence-corrected chi connectivity index (χ2v) is 3.98. The van der Waals surface area contributed by atoms with E-state index in [2.05, 4.69) is 11.4 Å². The zero-order valence-electron chi connectivity index (χ0n) is 8.90. The van der Waals surface area contributed by atoms with Crippen molar-refractivity contribution in [3.63, 3.8) is 0 Å². The van der Waals surface area contributed by atoms with Crippen LogP contribution >= 0.6 is 0 Å². The van der Waals surface area contributed by atoms with E-state index in [0.717, 1.165) is 24.8 Å². The van der Waals surface area contributed by atoms with Crippen LogP contribution < -0.4 is 11.1 Å². The maximum Gasteiger partial charge on any atom is 0.309 e. The molecule has 1 aromatic rings. The molecule has 16 heavy (non-hydrogen) atoms. The van der Waals surface area contributed by atoms with Crippen LogP contribution in [0.25, 0.3) is 0 Å². The van der Waals surface area contributed by atoms with Gasteiger partial charge in [0.2, 0.25) is 0 Å². The van der Waals surface area contributed by atoms with Gasteiger partial charge in [-0.15, -0.1) is 0 Å². The van der Waals surface area contributed by atoms with Crippen LogP contribution in [0.3, 0.4) is 0 Å². The number of hydrogen-bond donors (Lipinski definition) is 2. The highest BCUT2D eigenvalue weighted by Crippen LogP contribution is 2.29. The summed E-state index contributed by atoms with van der Waals surface area (Å²) in [5.74, 6) is -1.63. The molecule has 0 fully saturated rings. The van der Waals surface area contributed by atoms with Crippen LogP contribution in [0.4, 0.5) is 0 Å². The second-order valence-electron chi connectivity index (χ2n) is 3.98. The van der Waals surface area contributed by atoms with Crippen molar-refractivity contribution < 1.29 is 9.59 Å². The minimum Gasteiger partial charge on any atom is -0.361 e. The first-order valence-electron chi connectivity index (χ1n) is 5.36. The lowest BCUT2D eigenvalue weighted by Crippen LogP contribution is -2.39. The number of amides is 2. The topological polar surface area (TPSA) is 72.2 Å². The van der Waals surface area contributed by atoms with Crippen molar-refractivity contribution in [1.29, 1.82) is 0 Å². The van der Waals surface area contributed by atoms with Crippen LogP contribution in [-0.4, -0.2) is 11.8 Å². The fourth-order valence-corrected chi connectivity index (χ4v) is 2.13. The Balaban J connectivity index is 2.19. The molecule has 3 N–H and O–H groups in total. The Hall–Kier alpha value is -1.84. The number of fused-ring (bicyclic) bond motifs is 1. The Morgan fingerprint density at radius 1 is 1.31 bits per heavy atom.